The predicted molar refractivity (Wildman–Crippen MR) is 276 cm³/mol. The summed E-state index contributed by atoms with van der Waals surface area (Å²) in [6, 6.07) is 75.5. The molecule has 0 heterocycles. The Morgan fingerprint density at radius 1 is 0.292 bits per heavy atom. The first-order valence-electron chi connectivity index (χ1n) is 22.1. The molecule has 2 N–H and O–H groups in total. The van der Waals surface area contributed by atoms with Gasteiger partial charge >= 0.3 is 0 Å². The van der Waals surface area contributed by atoms with E-state index in [0.717, 1.165) is 12.1 Å². The highest BCUT2D eigenvalue weighted by Gasteiger charge is 2.45. The maximum absolute atomic E-state index is 10.9. The van der Waals surface area contributed by atoms with Gasteiger partial charge in [0.25, 0.3) is 20.2 Å². The van der Waals surface area contributed by atoms with Crippen LogP contribution in [0.15, 0.2) is 228 Å². The Balaban J connectivity index is 0.000000292. The van der Waals surface area contributed by atoms with E-state index in [1.165, 1.54) is 113 Å². The van der Waals surface area contributed by atoms with E-state index in [2.05, 4.69) is 182 Å². The fourth-order valence-corrected chi connectivity index (χ4v) is 18.7. The molecule has 8 aromatic rings. The number of hydrogen-bond donors (Lipinski definition) is 2. The SMILES string of the molecule is O=S(=O)(O)c1ccc2ccc(S(=O)(=O)O)cc2c1.c1ccc([P+](CCCCCCCCC[P+](c2ccccc2)(c2ccccc2)c2ccccc2)(c2ccccc2)c2ccccc2)cc1. The van der Waals surface area contributed by atoms with Gasteiger partial charge in [0.15, 0.2) is 0 Å². The van der Waals surface area contributed by atoms with E-state index in [9.17, 15) is 16.8 Å². The first-order valence-corrected chi connectivity index (χ1v) is 28.9. The zero-order valence-corrected chi connectivity index (χ0v) is 39.8. The molecule has 0 spiro atoms. The molecule has 332 valence electrons. The lowest BCUT2D eigenvalue weighted by atomic mass is 10.1. The Morgan fingerprint density at radius 3 is 0.754 bits per heavy atom. The average molecular weight is 939 g/mol. The summed E-state index contributed by atoms with van der Waals surface area (Å²) >= 11 is 0. The first kappa shape index (κ1) is 47.7. The van der Waals surface area contributed by atoms with Crippen molar-refractivity contribution in [2.45, 2.75) is 54.7 Å². The highest BCUT2D eigenvalue weighted by molar-refractivity contribution is 7.96. The third-order valence-electron chi connectivity index (χ3n) is 12.0. The Bertz CT molecular complexity index is 2550. The van der Waals surface area contributed by atoms with E-state index in [1.54, 1.807) is 0 Å². The Labute approximate surface area is 386 Å². The molecule has 0 aliphatic rings. The van der Waals surface area contributed by atoms with Gasteiger partial charge in [-0.1, -0.05) is 141 Å². The summed E-state index contributed by atoms with van der Waals surface area (Å²) in [6.07, 6.45) is 11.5. The van der Waals surface area contributed by atoms with Gasteiger partial charge < -0.3 is 0 Å². The van der Waals surface area contributed by atoms with Crippen molar-refractivity contribution >= 4 is 77.4 Å². The maximum atomic E-state index is 10.9. The lowest BCUT2D eigenvalue weighted by Gasteiger charge is -2.28. The van der Waals surface area contributed by atoms with E-state index in [4.69, 9.17) is 9.11 Å². The van der Waals surface area contributed by atoms with E-state index >= 15 is 0 Å². The number of benzene rings is 8. The van der Waals surface area contributed by atoms with Gasteiger partial charge in [-0.05, 0) is 134 Å². The minimum absolute atomic E-state index is 0.278. The van der Waals surface area contributed by atoms with E-state index < -0.39 is 34.8 Å². The van der Waals surface area contributed by atoms with Crippen LogP contribution in [0.3, 0.4) is 0 Å². The summed E-state index contributed by atoms with van der Waals surface area (Å²) in [4.78, 5) is -0.690. The van der Waals surface area contributed by atoms with Crippen LogP contribution in [0, 0.1) is 0 Å². The van der Waals surface area contributed by atoms with Crippen LogP contribution >= 0.6 is 14.5 Å². The molecule has 0 saturated carbocycles. The van der Waals surface area contributed by atoms with Crippen molar-refractivity contribution in [3.05, 3.63) is 218 Å². The molecular weight excluding hydrogens is 883 g/mol. The monoisotopic (exact) mass is 938 g/mol. The molecule has 0 fully saturated rings. The zero-order chi connectivity index (χ0) is 45.6. The minimum Gasteiger partial charge on any atom is -0.282 e. The van der Waals surface area contributed by atoms with E-state index in [1.807, 2.05) is 0 Å². The van der Waals surface area contributed by atoms with Gasteiger partial charge in [-0.25, -0.2) is 0 Å². The van der Waals surface area contributed by atoms with Gasteiger partial charge in [-0.3, -0.25) is 9.11 Å². The number of fused-ring (bicyclic) bond motifs is 1. The van der Waals surface area contributed by atoms with E-state index in [0.29, 0.717) is 5.39 Å². The molecule has 0 bridgehead atoms. The molecule has 8 rings (SSSR count). The quantitative estimate of drug-likeness (QED) is 0.0504. The van der Waals surface area contributed by atoms with Crippen molar-refractivity contribution in [2.75, 3.05) is 12.3 Å². The summed E-state index contributed by atoms with van der Waals surface area (Å²) in [7, 11) is -12.2. The molecule has 0 saturated heterocycles. The predicted octanol–water partition coefficient (Wildman–Crippen LogP) is 11.0. The van der Waals surface area contributed by atoms with Gasteiger partial charge in [0.2, 0.25) is 0 Å². The molecular formula is C55H56O6P2S2+2. The summed E-state index contributed by atoms with van der Waals surface area (Å²) in [6.45, 7) is 0. The Hall–Kier alpha value is -5.30. The van der Waals surface area contributed by atoms with Crippen LogP contribution < -0.4 is 31.8 Å². The second-order valence-corrected chi connectivity index (χ2v) is 26.3. The molecule has 6 nitrogen and oxygen atoms in total. The van der Waals surface area contributed by atoms with Gasteiger partial charge in [0, 0.05) is 0 Å². The van der Waals surface area contributed by atoms with Crippen LogP contribution in [-0.2, 0) is 20.2 Å². The molecule has 10 heteroatoms. The third-order valence-corrected chi connectivity index (χ3v) is 22.8. The van der Waals surface area contributed by atoms with Crippen molar-refractivity contribution in [3.8, 4) is 0 Å². The standard InChI is InChI=1S/C45H48P2.C10H8O6S2/c1(2-4-24-38-46(40-26-12-6-13-27-40,41-28-14-7-15-29-41)42-30-16-8-17-31-42)3-5-25-39-47(43-32-18-9-19-33-43,44-34-20-10-21-35-44)45-36-22-11-23-37-45;11-17(12,13)9-3-1-7-2-4-10(18(14,15)16)6-8(7)5-9/h6-23,26-37H,1-5,24-25,38-39H2;1-6H,(H,11,12,13)(H,14,15,16)/q+2;. The fraction of sp³-hybridized carbons (Fsp3) is 0.164. The molecule has 0 amide bonds. The molecule has 8 aromatic carbocycles. The molecule has 65 heavy (non-hydrogen) atoms. The summed E-state index contributed by atoms with van der Waals surface area (Å²) < 4.78 is 61.5. The summed E-state index contributed by atoms with van der Waals surface area (Å²) in [5, 5.41) is 9.85. The van der Waals surface area contributed by atoms with Crippen molar-refractivity contribution in [3.63, 3.8) is 0 Å². The van der Waals surface area contributed by atoms with Gasteiger partial charge in [-0.15, -0.1) is 0 Å². The van der Waals surface area contributed by atoms with Crippen LogP contribution in [0.1, 0.15) is 44.9 Å². The Morgan fingerprint density at radius 2 is 0.523 bits per heavy atom. The summed E-state index contributed by atoms with van der Waals surface area (Å²) in [5.74, 6) is 0. The second kappa shape index (κ2) is 22.3. The van der Waals surface area contributed by atoms with Crippen LogP contribution in [0.25, 0.3) is 10.8 Å². The average Bonchev–Trinajstić information content (AvgIpc) is 3.34. The normalized spacial score (nSPS) is 12.0. The van der Waals surface area contributed by atoms with Crippen molar-refractivity contribution in [2.24, 2.45) is 0 Å². The highest BCUT2D eigenvalue weighted by atomic mass is 32.2. The topological polar surface area (TPSA) is 109 Å². The lowest BCUT2D eigenvalue weighted by Crippen LogP contribution is -2.33. The van der Waals surface area contributed by atoms with Crippen molar-refractivity contribution in [1.29, 1.82) is 0 Å². The van der Waals surface area contributed by atoms with E-state index in [-0.39, 0.29) is 15.2 Å². The van der Waals surface area contributed by atoms with Gasteiger partial charge in [0.1, 0.15) is 46.4 Å². The maximum Gasteiger partial charge on any atom is 0.294 e. The van der Waals surface area contributed by atoms with Gasteiger partial charge in [0.05, 0.1) is 22.1 Å². The Kier molecular flexibility index (Phi) is 16.3. The molecule has 0 aliphatic carbocycles. The number of rotatable bonds is 18. The van der Waals surface area contributed by atoms with Crippen LogP contribution in [0.4, 0.5) is 0 Å². The number of unbranched alkanes of at least 4 members (excludes halogenated alkanes) is 6. The largest absolute Gasteiger partial charge is 0.294 e. The van der Waals surface area contributed by atoms with Crippen LogP contribution in [-0.4, -0.2) is 38.3 Å². The third kappa shape index (κ3) is 11.8. The molecule has 0 radical (unpaired) electrons. The summed E-state index contributed by atoms with van der Waals surface area (Å²) in [5.41, 5.74) is 0. The fourth-order valence-electron chi connectivity index (χ4n) is 8.87. The lowest BCUT2D eigenvalue weighted by molar-refractivity contribution is 0.481. The minimum atomic E-state index is -4.35. The van der Waals surface area contributed by atoms with Crippen molar-refractivity contribution in [1.82, 2.24) is 0 Å². The molecule has 0 aliphatic heterocycles. The molecule has 0 aromatic heterocycles. The molecule has 0 unspecified atom stereocenters. The van der Waals surface area contributed by atoms with Gasteiger partial charge in [-0.2, -0.15) is 16.8 Å². The second-order valence-electron chi connectivity index (χ2n) is 16.2. The molecule has 0 atom stereocenters. The van der Waals surface area contributed by atoms with Crippen LogP contribution in [0.5, 0.6) is 0 Å². The van der Waals surface area contributed by atoms with Crippen LogP contribution in [0.2, 0.25) is 0 Å². The smallest absolute Gasteiger partial charge is 0.282 e. The number of hydrogen-bond acceptors (Lipinski definition) is 4. The first-order chi connectivity index (χ1) is 31.5. The van der Waals surface area contributed by atoms with Crippen molar-refractivity contribution < 1.29 is 25.9 Å². The zero-order valence-electron chi connectivity index (χ0n) is 36.4. The highest BCUT2D eigenvalue weighted by Crippen LogP contribution is 2.57.